The Kier molecular flexibility index (Phi) is 4.62. The molecule has 1 N–H and O–H groups in total. The molecule has 2 nitrogen and oxygen atoms in total. The molecule has 0 aliphatic carbocycles. The second-order valence-corrected chi connectivity index (χ2v) is 5.96. The van der Waals surface area contributed by atoms with Gasteiger partial charge in [0.1, 0.15) is 0 Å². The van der Waals surface area contributed by atoms with Gasteiger partial charge in [-0.05, 0) is 18.3 Å². The largest absolute Gasteiger partial charge is 0.335 e. The first kappa shape index (κ1) is 15.2. The van der Waals surface area contributed by atoms with Gasteiger partial charge in [0.05, 0.1) is 0 Å². The van der Waals surface area contributed by atoms with Crippen molar-refractivity contribution in [2.75, 3.05) is 17.6 Å². The molecule has 6 heteroatoms. The third-order valence-corrected chi connectivity index (χ3v) is 5.07. The lowest BCUT2D eigenvalue weighted by Crippen LogP contribution is -2.32. The van der Waals surface area contributed by atoms with Crippen LogP contribution in [0.5, 0.6) is 0 Å². The van der Waals surface area contributed by atoms with E-state index in [1.807, 2.05) is 0 Å². The molecule has 0 radical (unpaired) electrons. The Balaban J connectivity index is 2.11. The second-order valence-electron chi connectivity index (χ2n) is 5.00. The number of hydrogen-bond acceptors (Lipinski definition) is 3. The Bertz CT molecular complexity index is 504. The third kappa shape index (κ3) is 3.11. The van der Waals surface area contributed by atoms with Crippen LogP contribution in [0.3, 0.4) is 0 Å². The van der Waals surface area contributed by atoms with Crippen LogP contribution in [0.25, 0.3) is 0 Å². The molecule has 1 aliphatic rings. The average Bonchev–Trinajstić information content (AvgIpc) is 2.46. The van der Waals surface area contributed by atoms with E-state index in [0.29, 0.717) is 11.7 Å². The molecule has 0 saturated carbocycles. The van der Waals surface area contributed by atoms with Crippen molar-refractivity contribution in [3.05, 3.63) is 29.6 Å². The zero-order valence-electron chi connectivity index (χ0n) is 11.5. The van der Waals surface area contributed by atoms with E-state index in [-0.39, 0.29) is 11.1 Å². The third-order valence-electron chi connectivity index (χ3n) is 3.81. The molecule has 0 atom stereocenters. The molecular weight excluding hydrogens is 285 g/mol. The number of nitrogens with one attached hydrogen (secondary N) is 1. The van der Waals surface area contributed by atoms with Crippen LogP contribution >= 0.6 is 11.8 Å². The average molecular weight is 302 g/mol. The van der Waals surface area contributed by atoms with Gasteiger partial charge in [0.15, 0.2) is 22.6 Å². The minimum Gasteiger partial charge on any atom is -0.335 e. The maximum atomic E-state index is 13.1. The zero-order valence-corrected chi connectivity index (χ0v) is 12.3. The van der Waals surface area contributed by atoms with Crippen LogP contribution in [0, 0.1) is 22.9 Å². The summed E-state index contributed by atoms with van der Waals surface area (Å²) in [5, 5.41) is 3.46. The fourth-order valence-corrected chi connectivity index (χ4v) is 3.35. The van der Waals surface area contributed by atoms with E-state index < -0.39 is 17.5 Å². The lowest BCUT2D eigenvalue weighted by Gasteiger charge is -2.33. The Morgan fingerprint density at radius 3 is 2.25 bits per heavy atom. The summed E-state index contributed by atoms with van der Waals surface area (Å²) < 4.78 is 39.1. The highest BCUT2D eigenvalue weighted by Gasteiger charge is 2.30. The number of anilines is 1. The van der Waals surface area contributed by atoms with E-state index in [2.05, 4.69) is 24.2 Å². The highest BCUT2D eigenvalue weighted by atomic mass is 32.2. The second kappa shape index (κ2) is 6.08. The maximum Gasteiger partial charge on any atom is 0.194 e. The molecule has 2 rings (SSSR count). The minimum atomic E-state index is -1.45. The summed E-state index contributed by atoms with van der Waals surface area (Å²) in [6.45, 7) is 4.98. The number of hydrogen-bond donors (Lipinski definition) is 1. The number of thioether (sulfide) groups is 1. The van der Waals surface area contributed by atoms with Crippen LogP contribution in [-0.4, -0.2) is 17.5 Å². The van der Waals surface area contributed by atoms with Crippen LogP contribution in [0.2, 0.25) is 0 Å². The summed E-state index contributed by atoms with van der Waals surface area (Å²) in [5.74, 6) is -2.95. The molecule has 1 aromatic rings. The quantitative estimate of drug-likeness (QED) is 0.836. The normalized spacial score (nSPS) is 17.8. The first-order valence-electron chi connectivity index (χ1n) is 6.58. The molecule has 110 valence electrons. The smallest absolute Gasteiger partial charge is 0.194 e. The topological polar surface area (TPSA) is 24.4 Å². The van der Waals surface area contributed by atoms with Crippen LogP contribution in [0.1, 0.15) is 26.7 Å². The van der Waals surface area contributed by atoms with Crippen molar-refractivity contribution in [1.29, 1.82) is 0 Å². The molecule has 0 spiro atoms. The first-order valence-corrected chi connectivity index (χ1v) is 7.57. The summed E-state index contributed by atoms with van der Waals surface area (Å²) in [7, 11) is 0. The highest BCUT2D eigenvalue weighted by Crippen LogP contribution is 2.35. The molecule has 0 aromatic heterocycles. The molecule has 0 saturated heterocycles. The molecule has 1 aromatic carbocycles. The van der Waals surface area contributed by atoms with Crippen LogP contribution < -0.4 is 5.32 Å². The van der Waals surface area contributed by atoms with Crippen molar-refractivity contribution in [3.63, 3.8) is 0 Å². The molecule has 0 fully saturated rings. The maximum absolute atomic E-state index is 13.1. The number of benzene rings is 1. The van der Waals surface area contributed by atoms with E-state index in [1.165, 1.54) is 11.8 Å². The van der Waals surface area contributed by atoms with Crippen LogP contribution in [-0.2, 0) is 0 Å². The van der Waals surface area contributed by atoms with Crippen LogP contribution in [0.15, 0.2) is 17.1 Å². The van der Waals surface area contributed by atoms with Crippen LogP contribution in [0.4, 0.5) is 18.9 Å². The van der Waals surface area contributed by atoms with Gasteiger partial charge >= 0.3 is 0 Å². The van der Waals surface area contributed by atoms with E-state index in [9.17, 15) is 13.2 Å². The number of amidine groups is 1. The standard InChI is InChI=1S/C14H17F3N2S/c1-3-14(4-2)7-18-13(20-8-14)19-9-5-10(15)12(17)11(16)6-9/h5-6H,3-4,7-8H2,1-2H3,(H,18,19). The molecule has 20 heavy (non-hydrogen) atoms. The van der Waals surface area contributed by atoms with Gasteiger partial charge in [-0.1, -0.05) is 25.6 Å². The Morgan fingerprint density at radius 2 is 1.80 bits per heavy atom. The van der Waals surface area contributed by atoms with Gasteiger partial charge in [-0.2, -0.15) is 0 Å². The summed E-state index contributed by atoms with van der Waals surface area (Å²) in [6, 6.07) is 1.87. The van der Waals surface area contributed by atoms with E-state index in [0.717, 1.165) is 30.7 Å². The molecule has 1 heterocycles. The summed E-state index contributed by atoms with van der Waals surface area (Å²) in [4.78, 5) is 4.43. The Hall–Kier alpha value is -1.17. The van der Waals surface area contributed by atoms with Crippen molar-refractivity contribution < 1.29 is 13.2 Å². The van der Waals surface area contributed by atoms with Gasteiger partial charge < -0.3 is 5.32 Å². The van der Waals surface area contributed by atoms with Gasteiger partial charge in [0, 0.05) is 30.1 Å². The van der Waals surface area contributed by atoms with E-state index >= 15 is 0 Å². The van der Waals surface area contributed by atoms with Gasteiger partial charge in [-0.3, -0.25) is 4.99 Å². The van der Waals surface area contributed by atoms with E-state index in [4.69, 9.17) is 0 Å². The van der Waals surface area contributed by atoms with Gasteiger partial charge in [0.25, 0.3) is 0 Å². The summed E-state index contributed by atoms with van der Waals surface area (Å²) >= 11 is 1.53. The molecule has 1 aliphatic heterocycles. The van der Waals surface area contributed by atoms with Crippen molar-refractivity contribution in [3.8, 4) is 0 Å². The highest BCUT2D eigenvalue weighted by molar-refractivity contribution is 8.14. The predicted molar refractivity (Wildman–Crippen MR) is 77.7 cm³/mol. The SMILES string of the molecule is CCC1(CC)CN=C(Nc2cc(F)c(F)c(F)c2)SC1. The fourth-order valence-electron chi connectivity index (χ4n) is 2.06. The number of nitrogens with zero attached hydrogens (tertiary/aromatic N) is 1. The monoisotopic (exact) mass is 302 g/mol. The van der Waals surface area contributed by atoms with Crippen molar-refractivity contribution in [2.24, 2.45) is 10.4 Å². The Morgan fingerprint density at radius 1 is 1.20 bits per heavy atom. The molecule has 0 unspecified atom stereocenters. The fraction of sp³-hybridized carbons (Fsp3) is 0.500. The molecule has 0 bridgehead atoms. The van der Waals surface area contributed by atoms with Crippen molar-refractivity contribution in [1.82, 2.24) is 0 Å². The van der Waals surface area contributed by atoms with Crippen molar-refractivity contribution >= 4 is 22.6 Å². The van der Waals surface area contributed by atoms with Gasteiger partial charge in [0.2, 0.25) is 0 Å². The lowest BCUT2D eigenvalue weighted by molar-refractivity contribution is 0.318. The minimum absolute atomic E-state index is 0.174. The van der Waals surface area contributed by atoms with Gasteiger partial charge in [-0.15, -0.1) is 0 Å². The molecule has 0 amide bonds. The Labute approximate surface area is 120 Å². The van der Waals surface area contributed by atoms with Gasteiger partial charge in [-0.25, -0.2) is 13.2 Å². The molecular formula is C14H17F3N2S. The lowest BCUT2D eigenvalue weighted by atomic mass is 9.84. The zero-order chi connectivity index (χ0) is 14.8. The summed E-state index contributed by atoms with van der Waals surface area (Å²) in [5.41, 5.74) is 0.378. The number of aliphatic imine (C=N–C) groups is 1. The predicted octanol–water partition coefficient (Wildman–Crippen LogP) is 4.43. The summed E-state index contributed by atoms with van der Waals surface area (Å²) in [6.07, 6.45) is 2.10. The van der Waals surface area contributed by atoms with Crippen molar-refractivity contribution in [2.45, 2.75) is 26.7 Å². The first-order chi connectivity index (χ1) is 9.49. The van der Waals surface area contributed by atoms with E-state index in [1.54, 1.807) is 0 Å². The number of halogens is 3. The number of rotatable bonds is 3.